The van der Waals surface area contributed by atoms with Gasteiger partial charge in [0.05, 0.1) is 0 Å². The number of carbonyl (C=O) groups excluding carboxylic acids is 1. The Hall–Kier alpha value is -1.80. The zero-order chi connectivity index (χ0) is 14.4. The molecule has 0 aliphatic rings. The molecule has 0 aliphatic carbocycles. The largest absolute Gasteiger partial charge is 0.341 e. The summed E-state index contributed by atoms with van der Waals surface area (Å²) in [6.07, 6.45) is 1.26. The molecule has 0 aromatic heterocycles. The fourth-order valence-corrected chi connectivity index (χ4v) is 2.16. The summed E-state index contributed by atoms with van der Waals surface area (Å²) in [7, 11) is 1.84. The maximum absolute atomic E-state index is 12.1. The molecule has 0 saturated heterocycles. The predicted octanol–water partition coefficient (Wildman–Crippen LogP) is 3.93. The Morgan fingerprint density at radius 1 is 1.00 bits per heavy atom. The first-order valence-electron chi connectivity index (χ1n) is 6.67. The average molecular weight is 288 g/mol. The van der Waals surface area contributed by atoms with Gasteiger partial charge in [-0.25, -0.2) is 0 Å². The Kier molecular flexibility index (Phi) is 5.19. The van der Waals surface area contributed by atoms with Gasteiger partial charge in [0.25, 0.3) is 0 Å². The van der Waals surface area contributed by atoms with Crippen LogP contribution in [0, 0.1) is 0 Å². The van der Waals surface area contributed by atoms with Crippen LogP contribution in [0.1, 0.15) is 17.5 Å². The van der Waals surface area contributed by atoms with Crippen LogP contribution >= 0.6 is 11.6 Å². The van der Waals surface area contributed by atoms with E-state index >= 15 is 0 Å². The number of rotatable bonds is 5. The SMILES string of the molecule is CN(Cc1ccccc1)C(=O)CCc1ccc(Cl)cc1. The van der Waals surface area contributed by atoms with E-state index in [0.29, 0.717) is 13.0 Å². The second kappa shape index (κ2) is 7.11. The van der Waals surface area contributed by atoms with E-state index in [0.717, 1.165) is 22.6 Å². The van der Waals surface area contributed by atoms with Crippen molar-refractivity contribution in [3.8, 4) is 0 Å². The molecule has 2 rings (SSSR count). The van der Waals surface area contributed by atoms with Gasteiger partial charge >= 0.3 is 0 Å². The van der Waals surface area contributed by atoms with Crippen LogP contribution in [0.25, 0.3) is 0 Å². The van der Waals surface area contributed by atoms with Gasteiger partial charge in [0.1, 0.15) is 0 Å². The van der Waals surface area contributed by atoms with Gasteiger partial charge in [-0.05, 0) is 29.7 Å². The highest BCUT2D eigenvalue weighted by Gasteiger charge is 2.09. The van der Waals surface area contributed by atoms with Crippen molar-refractivity contribution < 1.29 is 4.79 Å². The van der Waals surface area contributed by atoms with Crippen LogP contribution in [0.2, 0.25) is 5.02 Å². The summed E-state index contributed by atoms with van der Waals surface area (Å²) in [6.45, 7) is 0.653. The van der Waals surface area contributed by atoms with E-state index in [1.807, 2.05) is 61.6 Å². The van der Waals surface area contributed by atoms with Gasteiger partial charge in [-0.3, -0.25) is 4.79 Å². The second-order valence-electron chi connectivity index (χ2n) is 4.86. The smallest absolute Gasteiger partial charge is 0.222 e. The molecular formula is C17H18ClNO. The molecule has 2 nitrogen and oxygen atoms in total. The normalized spacial score (nSPS) is 10.3. The summed E-state index contributed by atoms with van der Waals surface area (Å²) in [5.74, 6) is 0.156. The van der Waals surface area contributed by atoms with E-state index in [1.54, 1.807) is 4.90 Å². The standard InChI is InChI=1S/C17H18ClNO/c1-19(13-15-5-3-2-4-6-15)17(20)12-9-14-7-10-16(18)11-8-14/h2-8,10-11H,9,12-13H2,1H3. The van der Waals surface area contributed by atoms with Crippen molar-refractivity contribution >= 4 is 17.5 Å². The van der Waals surface area contributed by atoms with E-state index in [2.05, 4.69) is 0 Å². The molecule has 0 fully saturated rings. The number of hydrogen-bond donors (Lipinski definition) is 0. The average Bonchev–Trinajstić information content (AvgIpc) is 2.47. The lowest BCUT2D eigenvalue weighted by Crippen LogP contribution is -2.26. The van der Waals surface area contributed by atoms with Crippen LogP contribution in [0.4, 0.5) is 0 Å². The lowest BCUT2D eigenvalue weighted by atomic mass is 10.1. The number of carbonyl (C=O) groups is 1. The van der Waals surface area contributed by atoms with Crippen LogP contribution in [0.3, 0.4) is 0 Å². The maximum Gasteiger partial charge on any atom is 0.222 e. The van der Waals surface area contributed by atoms with Crippen LogP contribution in [-0.4, -0.2) is 17.9 Å². The fraction of sp³-hybridized carbons (Fsp3) is 0.235. The van der Waals surface area contributed by atoms with Gasteiger partial charge in [-0.2, -0.15) is 0 Å². The third-order valence-corrected chi connectivity index (χ3v) is 3.48. The van der Waals surface area contributed by atoms with Crippen LogP contribution < -0.4 is 0 Å². The highest BCUT2D eigenvalue weighted by molar-refractivity contribution is 6.30. The predicted molar refractivity (Wildman–Crippen MR) is 82.7 cm³/mol. The number of benzene rings is 2. The molecule has 0 aliphatic heterocycles. The first-order chi connectivity index (χ1) is 9.65. The molecule has 2 aromatic rings. The third-order valence-electron chi connectivity index (χ3n) is 3.23. The minimum absolute atomic E-state index is 0.156. The van der Waals surface area contributed by atoms with Crippen LogP contribution in [0.15, 0.2) is 54.6 Å². The van der Waals surface area contributed by atoms with Crippen molar-refractivity contribution in [2.45, 2.75) is 19.4 Å². The first-order valence-corrected chi connectivity index (χ1v) is 7.05. The van der Waals surface area contributed by atoms with Crippen molar-refractivity contribution in [2.75, 3.05) is 7.05 Å². The summed E-state index contributed by atoms with van der Waals surface area (Å²) in [5, 5.41) is 0.723. The van der Waals surface area contributed by atoms with Crippen LogP contribution in [0.5, 0.6) is 0 Å². The minimum atomic E-state index is 0.156. The van der Waals surface area contributed by atoms with E-state index < -0.39 is 0 Å². The Bertz CT molecular complexity index is 551. The summed E-state index contributed by atoms with van der Waals surface area (Å²) >= 11 is 5.84. The van der Waals surface area contributed by atoms with Crippen molar-refractivity contribution in [2.24, 2.45) is 0 Å². The summed E-state index contributed by atoms with van der Waals surface area (Å²) < 4.78 is 0. The molecule has 0 spiro atoms. The number of amides is 1. The van der Waals surface area contributed by atoms with Crippen molar-refractivity contribution in [3.63, 3.8) is 0 Å². The Labute approximate surface area is 125 Å². The first kappa shape index (κ1) is 14.6. The molecule has 0 radical (unpaired) electrons. The van der Waals surface area contributed by atoms with Crippen molar-refractivity contribution in [1.82, 2.24) is 4.90 Å². The number of nitrogens with zero attached hydrogens (tertiary/aromatic N) is 1. The van der Waals surface area contributed by atoms with Gasteiger partial charge < -0.3 is 4.90 Å². The Morgan fingerprint density at radius 2 is 1.65 bits per heavy atom. The van der Waals surface area contributed by atoms with E-state index in [-0.39, 0.29) is 5.91 Å². The zero-order valence-electron chi connectivity index (χ0n) is 11.6. The van der Waals surface area contributed by atoms with Gasteiger partial charge in [0.15, 0.2) is 0 Å². The quantitative estimate of drug-likeness (QED) is 0.816. The molecule has 104 valence electrons. The summed E-state index contributed by atoms with van der Waals surface area (Å²) in [5.41, 5.74) is 2.28. The van der Waals surface area contributed by atoms with E-state index in [1.165, 1.54) is 0 Å². The second-order valence-corrected chi connectivity index (χ2v) is 5.30. The molecule has 0 saturated carbocycles. The maximum atomic E-state index is 12.1. The Balaban J connectivity index is 1.83. The fourth-order valence-electron chi connectivity index (χ4n) is 2.04. The van der Waals surface area contributed by atoms with E-state index in [4.69, 9.17) is 11.6 Å². The highest BCUT2D eigenvalue weighted by Crippen LogP contribution is 2.12. The molecule has 0 N–H and O–H groups in total. The minimum Gasteiger partial charge on any atom is -0.341 e. The van der Waals surface area contributed by atoms with Gasteiger partial charge in [0.2, 0.25) is 5.91 Å². The lowest BCUT2D eigenvalue weighted by Gasteiger charge is -2.17. The highest BCUT2D eigenvalue weighted by atomic mass is 35.5. The Morgan fingerprint density at radius 3 is 2.30 bits per heavy atom. The zero-order valence-corrected chi connectivity index (χ0v) is 12.3. The molecule has 0 heterocycles. The monoisotopic (exact) mass is 287 g/mol. The molecule has 1 amide bonds. The van der Waals surface area contributed by atoms with Crippen LogP contribution in [-0.2, 0) is 17.8 Å². The number of halogens is 1. The summed E-state index contributed by atoms with van der Waals surface area (Å²) in [6, 6.07) is 17.7. The van der Waals surface area contributed by atoms with E-state index in [9.17, 15) is 4.79 Å². The summed E-state index contributed by atoms with van der Waals surface area (Å²) in [4.78, 5) is 13.9. The van der Waals surface area contributed by atoms with Crippen molar-refractivity contribution in [3.05, 3.63) is 70.7 Å². The van der Waals surface area contributed by atoms with Gasteiger partial charge in [-0.15, -0.1) is 0 Å². The van der Waals surface area contributed by atoms with Gasteiger partial charge in [-0.1, -0.05) is 54.1 Å². The molecule has 0 unspecified atom stereocenters. The lowest BCUT2D eigenvalue weighted by molar-refractivity contribution is -0.130. The van der Waals surface area contributed by atoms with Gasteiger partial charge in [0, 0.05) is 25.0 Å². The molecule has 3 heteroatoms. The molecule has 20 heavy (non-hydrogen) atoms. The third kappa shape index (κ3) is 4.39. The molecule has 2 aromatic carbocycles. The number of aryl methyl sites for hydroxylation is 1. The molecule has 0 bridgehead atoms. The molecule has 0 atom stereocenters. The van der Waals surface area contributed by atoms with Crippen molar-refractivity contribution in [1.29, 1.82) is 0 Å². The molecular weight excluding hydrogens is 270 g/mol. The number of hydrogen-bond acceptors (Lipinski definition) is 1. The topological polar surface area (TPSA) is 20.3 Å².